The number of pyridine rings is 1. The van der Waals surface area contributed by atoms with Crippen molar-refractivity contribution >= 4 is 11.6 Å². The number of carbonyl (C=O) groups is 1. The van der Waals surface area contributed by atoms with E-state index in [0.717, 1.165) is 43.0 Å². The summed E-state index contributed by atoms with van der Waals surface area (Å²) in [6.45, 7) is 3.72. The lowest BCUT2D eigenvalue weighted by molar-refractivity contribution is -0.120. The molecule has 0 bridgehead atoms. The minimum Gasteiger partial charge on any atom is -0.378 e. The fraction of sp³-hybridized carbons (Fsp3) is 0.333. The van der Waals surface area contributed by atoms with Crippen molar-refractivity contribution in [3.8, 4) is 11.1 Å². The number of morpholine rings is 1. The minimum absolute atomic E-state index is 0.120. The Bertz CT molecular complexity index is 930. The Labute approximate surface area is 176 Å². The molecule has 5 nitrogen and oxygen atoms in total. The van der Waals surface area contributed by atoms with E-state index < -0.39 is 0 Å². The Kier molecular flexibility index (Phi) is 6.54. The molecule has 1 saturated heterocycles. The summed E-state index contributed by atoms with van der Waals surface area (Å²) in [5.41, 5.74) is 4.83. The first-order valence-electron chi connectivity index (χ1n) is 10.4. The number of carbonyl (C=O) groups excluding carboxylic acids is 1. The lowest BCUT2D eigenvalue weighted by atomic mass is 10.1. The molecule has 1 N–H and O–H groups in total. The van der Waals surface area contributed by atoms with E-state index >= 15 is 0 Å². The van der Waals surface area contributed by atoms with E-state index in [-0.39, 0.29) is 18.2 Å². The first kappa shape index (κ1) is 20.3. The number of nitrogens with one attached hydrogen (secondary N) is 1. The summed E-state index contributed by atoms with van der Waals surface area (Å²) in [6, 6.07) is 12.3. The van der Waals surface area contributed by atoms with Gasteiger partial charge in [-0.2, -0.15) is 0 Å². The zero-order chi connectivity index (χ0) is 20.8. The van der Waals surface area contributed by atoms with E-state index in [0.29, 0.717) is 25.1 Å². The van der Waals surface area contributed by atoms with E-state index in [1.807, 2.05) is 18.2 Å². The van der Waals surface area contributed by atoms with Gasteiger partial charge >= 0.3 is 0 Å². The molecule has 1 aliphatic carbocycles. The summed E-state index contributed by atoms with van der Waals surface area (Å²) >= 11 is 0. The number of rotatable bonds is 6. The van der Waals surface area contributed by atoms with Crippen molar-refractivity contribution in [1.82, 2.24) is 10.3 Å². The summed E-state index contributed by atoms with van der Waals surface area (Å²) in [6.07, 6.45) is 6.60. The van der Waals surface area contributed by atoms with Gasteiger partial charge in [0.05, 0.1) is 19.6 Å². The highest BCUT2D eigenvalue weighted by atomic mass is 19.1. The van der Waals surface area contributed by atoms with Crippen LogP contribution >= 0.6 is 0 Å². The summed E-state index contributed by atoms with van der Waals surface area (Å²) < 4.78 is 18.7. The van der Waals surface area contributed by atoms with Crippen molar-refractivity contribution < 1.29 is 13.9 Å². The van der Waals surface area contributed by atoms with Crippen LogP contribution in [0.25, 0.3) is 11.1 Å². The van der Waals surface area contributed by atoms with Gasteiger partial charge in [-0.25, -0.2) is 4.39 Å². The number of ether oxygens (including phenoxy) is 1. The van der Waals surface area contributed by atoms with Gasteiger partial charge in [-0.1, -0.05) is 24.3 Å². The number of amides is 1. The van der Waals surface area contributed by atoms with E-state index in [1.54, 1.807) is 6.20 Å². The molecule has 2 aliphatic rings. The van der Waals surface area contributed by atoms with Crippen molar-refractivity contribution in [1.29, 1.82) is 0 Å². The molecule has 0 unspecified atom stereocenters. The molecule has 2 aromatic rings. The van der Waals surface area contributed by atoms with Crippen LogP contribution in [-0.4, -0.2) is 43.7 Å². The van der Waals surface area contributed by atoms with Crippen molar-refractivity contribution in [2.45, 2.75) is 19.3 Å². The smallest absolute Gasteiger partial charge is 0.226 e. The first-order chi connectivity index (χ1) is 14.7. The Morgan fingerprint density at radius 3 is 2.57 bits per heavy atom. The summed E-state index contributed by atoms with van der Waals surface area (Å²) in [5, 5.41) is 2.83. The van der Waals surface area contributed by atoms with Gasteiger partial charge in [-0.15, -0.1) is 0 Å². The maximum atomic E-state index is 13.3. The molecule has 156 valence electrons. The quantitative estimate of drug-likeness (QED) is 0.791. The number of hydrogen-bond donors (Lipinski definition) is 1. The predicted octanol–water partition coefficient (Wildman–Crippen LogP) is 3.82. The topological polar surface area (TPSA) is 54.5 Å². The number of nitrogens with zero attached hydrogens (tertiary/aromatic N) is 2. The molecule has 0 radical (unpaired) electrons. The molecule has 1 aromatic heterocycles. The van der Waals surface area contributed by atoms with Crippen LogP contribution in [-0.2, 0) is 16.0 Å². The largest absolute Gasteiger partial charge is 0.378 e. The Hall–Kier alpha value is -2.99. The molecule has 1 amide bonds. The molecule has 4 rings (SSSR count). The molecule has 30 heavy (non-hydrogen) atoms. The van der Waals surface area contributed by atoms with E-state index in [4.69, 9.17) is 4.74 Å². The van der Waals surface area contributed by atoms with Crippen LogP contribution in [0.1, 0.15) is 18.5 Å². The fourth-order valence-electron chi connectivity index (χ4n) is 3.66. The SMILES string of the molecule is O=C(Cc1ccc(-c2ccc(N3CCOCC3)cc2)cn1)NCC1=CCCC(F)=C1. The summed E-state index contributed by atoms with van der Waals surface area (Å²) in [4.78, 5) is 18.9. The third kappa shape index (κ3) is 5.33. The van der Waals surface area contributed by atoms with Gasteiger partial charge in [0, 0.05) is 49.2 Å². The lowest BCUT2D eigenvalue weighted by Crippen LogP contribution is -2.36. The maximum absolute atomic E-state index is 13.3. The van der Waals surface area contributed by atoms with E-state index in [9.17, 15) is 9.18 Å². The third-order valence-corrected chi connectivity index (χ3v) is 5.36. The number of anilines is 1. The van der Waals surface area contributed by atoms with Gasteiger partial charge in [-0.3, -0.25) is 9.78 Å². The van der Waals surface area contributed by atoms with Crippen LogP contribution in [0, 0.1) is 0 Å². The predicted molar refractivity (Wildman–Crippen MR) is 116 cm³/mol. The molecular formula is C24H26FN3O2. The summed E-state index contributed by atoms with van der Waals surface area (Å²) in [5.74, 6) is -0.248. The fourth-order valence-corrected chi connectivity index (χ4v) is 3.66. The van der Waals surface area contributed by atoms with Gasteiger partial charge in [0.25, 0.3) is 0 Å². The van der Waals surface area contributed by atoms with Crippen LogP contribution in [0.3, 0.4) is 0 Å². The highest BCUT2D eigenvalue weighted by Gasteiger charge is 2.12. The van der Waals surface area contributed by atoms with Crippen molar-refractivity contribution in [2.75, 3.05) is 37.7 Å². The monoisotopic (exact) mass is 407 g/mol. The highest BCUT2D eigenvalue weighted by molar-refractivity contribution is 5.78. The average Bonchev–Trinajstić information content (AvgIpc) is 2.79. The second-order valence-electron chi connectivity index (χ2n) is 7.55. The third-order valence-electron chi connectivity index (χ3n) is 5.36. The molecule has 1 fully saturated rings. The Morgan fingerprint density at radius 2 is 1.87 bits per heavy atom. The molecule has 0 saturated carbocycles. The summed E-state index contributed by atoms with van der Waals surface area (Å²) in [7, 11) is 0. The zero-order valence-corrected chi connectivity index (χ0v) is 16.9. The van der Waals surface area contributed by atoms with Crippen LogP contribution in [0.15, 0.2) is 66.1 Å². The van der Waals surface area contributed by atoms with Crippen molar-refractivity contribution in [3.05, 3.63) is 71.8 Å². The van der Waals surface area contributed by atoms with Gasteiger partial charge in [0.1, 0.15) is 5.83 Å². The van der Waals surface area contributed by atoms with Gasteiger partial charge in [0.2, 0.25) is 5.91 Å². The van der Waals surface area contributed by atoms with Gasteiger partial charge in [-0.05, 0) is 41.8 Å². The zero-order valence-electron chi connectivity index (χ0n) is 16.9. The van der Waals surface area contributed by atoms with Crippen LogP contribution < -0.4 is 10.2 Å². The second kappa shape index (κ2) is 9.67. The van der Waals surface area contributed by atoms with E-state index in [1.165, 1.54) is 11.8 Å². The molecule has 0 spiro atoms. The van der Waals surface area contributed by atoms with Crippen LogP contribution in [0.2, 0.25) is 0 Å². The molecule has 6 heteroatoms. The van der Waals surface area contributed by atoms with Gasteiger partial charge in [0.15, 0.2) is 0 Å². The number of halogens is 1. The normalized spacial score (nSPS) is 16.6. The second-order valence-corrected chi connectivity index (χ2v) is 7.55. The number of allylic oxidation sites excluding steroid dienone is 2. The average molecular weight is 407 g/mol. The van der Waals surface area contributed by atoms with Crippen LogP contribution in [0.4, 0.5) is 10.1 Å². The molecule has 0 atom stereocenters. The van der Waals surface area contributed by atoms with E-state index in [2.05, 4.69) is 39.5 Å². The minimum atomic E-state index is -0.128. The standard InChI is InChI=1S/C24H26FN3O2/c25-21-3-1-2-18(14-21)16-27-24(29)15-22-7-4-20(17-26-22)19-5-8-23(9-6-19)28-10-12-30-13-11-28/h2,4-9,14,17H,1,3,10-13,15-16H2,(H,27,29). The Balaban J connectivity index is 1.31. The molecule has 2 heterocycles. The van der Waals surface area contributed by atoms with Crippen LogP contribution in [0.5, 0.6) is 0 Å². The maximum Gasteiger partial charge on any atom is 0.226 e. The van der Waals surface area contributed by atoms with Gasteiger partial charge < -0.3 is 15.0 Å². The molecule has 1 aliphatic heterocycles. The highest BCUT2D eigenvalue weighted by Crippen LogP contribution is 2.23. The van der Waals surface area contributed by atoms with Crippen molar-refractivity contribution in [2.24, 2.45) is 0 Å². The molecule has 1 aromatic carbocycles. The lowest BCUT2D eigenvalue weighted by Gasteiger charge is -2.28. The number of benzene rings is 1. The number of aromatic nitrogens is 1. The van der Waals surface area contributed by atoms with Crippen molar-refractivity contribution in [3.63, 3.8) is 0 Å². The Morgan fingerprint density at radius 1 is 1.10 bits per heavy atom. The first-order valence-corrected chi connectivity index (χ1v) is 10.4. The molecular weight excluding hydrogens is 381 g/mol. The number of hydrogen-bond acceptors (Lipinski definition) is 4.